The van der Waals surface area contributed by atoms with Crippen molar-refractivity contribution < 1.29 is 22.7 Å². The first kappa shape index (κ1) is 23.6. The first-order valence-corrected chi connectivity index (χ1v) is 12.1. The van der Waals surface area contributed by atoms with Crippen molar-refractivity contribution >= 4 is 27.5 Å². The fourth-order valence-electron chi connectivity index (χ4n) is 3.44. The summed E-state index contributed by atoms with van der Waals surface area (Å²) in [5.74, 6) is 1.71. The maximum atomic E-state index is 12.6. The number of ether oxygens (including phenoxy) is 2. The monoisotopic (exact) mass is 459 g/mol. The highest BCUT2D eigenvalue weighted by atomic mass is 32.2. The van der Waals surface area contributed by atoms with Gasteiger partial charge in [0.2, 0.25) is 5.91 Å². The van der Waals surface area contributed by atoms with Crippen molar-refractivity contribution in [3.05, 3.63) is 48.0 Å². The van der Waals surface area contributed by atoms with Crippen LogP contribution in [-0.2, 0) is 21.2 Å². The first-order valence-electron chi connectivity index (χ1n) is 10.6. The van der Waals surface area contributed by atoms with E-state index in [1.807, 2.05) is 6.07 Å². The zero-order valence-electron chi connectivity index (χ0n) is 18.4. The predicted molar refractivity (Wildman–Crippen MR) is 124 cm³/mol. The quantitative estimate of drug-likeness (QED) is 0.628. The number of hydrogen-bond donors (Lipinski definition) is 2. The van der Waals surface area contributed by atoms with E-state index >= 15 is 0 Å². The molecule has 2 N–H and O–H groups in total. The Bertz CT molecular complexity index is 1070. The lowest BCUT2D eigenvalue weighted by atomic mass is 10.1. The lowest BCUT2D eigenvalue weighted by Crippen LogP contribution is -2.30. The van der Waals surface area contributed by atoms with E-state index in [1.165, 1.54) is 12.1 Å². The summed E-state index contributed by atoms with van der Waals surface area (Å²) in [5, 5.41) is 2.80. The van der Waals surface area contributed by atoms with E-state index in [2.05, 4.69) is 15.0 Å². The number of nitrogens with zero attached hydrogens (tertiary/aromatic N) is 1. The Hall–Kier alpha value is -3.07. The summed E-state index contributed by atoms with van der Waals surface area (Å²) in [5.41, 5.74) is 1.40. The number of carbonyl (C=O) groups is 1. The molecule has 1 aliphatic rings. The Balaban J connectivity index is 1.58. The summed E-state index contributed by atoms with van der Waals surface area (Å²) in [7, 11) is -0.535. The molecule has 9 heteroatoms. The number of nitrogens with one attached hydrogen (secondary N) is 2. The number of carbonyl (C=O) groups excluding carboxylic acids is 1. The Morgan fingerprint density at radius 3 is 2.53 bits per heavy atom. The maximum Gasteiger partial charge on any atom is 0.262 e. The molecule has 1 amide bonds. The zero-order chi connectivity index (χ0) is 23.0. The van der Waals surface area contributed by atoms with Crippen LogP contribution in [0.5, 0.6) is 11.5 Å². The van der Waals surface area contributed by atoms with Crippen LogP contribution in [0, 0.1) is 0 Å². The number of methoxy groups -OCH3 is 2. The molecule has 0 aliphatic carbocycles. The molecule has 3 rings (SSSR count). The Morgan fingerprint density at radius 1 is 1.03 bits per heavy atom. The topological polar surface area (TPSA) is 106 Å². The van der Waals surface area contributed by atoms with E-state index in [0.29, 0.717) is 42.4 Å². The van der Waals surface area contributed by atoms with E-state index in [9.17, 15) is 13.2 Å². The van der Waals surface area contributed by atoms with Gasteiger partial charge in [0.05, 0.1) is 19.1 Å². The van der Waals surface area contributed by atoms with Gasteiger partial charge < -0.3 is 14.8 Å². The summed E-state index contributed by atoms with van der Waals surface area (Å²) >= 11 is 0. The number of anilines is 1. The highest BCUT2D eigenvalue weighted by molar-refractivity contribution is 7.90. The average molecular weight is 460 g/mol. The van der Waals surface area contributed by atoms with Crippen LogP contribution in [0.25, 0.3) is 0 Å². The van der Waals surface area contributed by atoms with Crippen molar-refractivity contribution in [2.24, 2.45) is 4.99 Å². The lowest BCUT2D eigenvalue weighted by Gasteiger charge is -2.12. The standard InChI is InChI=1S/C23H29N3O5S/c1-30-19-10-13-21(31-2)17(16-19)7-14-23(27)25-18-8-11-20(12-9-18)32(28,29)26-22-6-4-3-5-15-24-22/h8-13,16H,3-7,14-15H2,1-2H3,(H,24,26)(H,25,27). The van der Waals surface area contributed by atoms with Gasteiger partial charge in [-0.15, -0.1) is 0 Å². The molecular formula is C23H29N3O5S. The van der Waals surface area contributed by atoms with Gasteiger partial charge in [0.1, 0.15) is 17.3 Å². The third-order valence-corrected chi connectivity index (χ3v) is 6.58. The van der Waals surface area contributed by atoms with Gasteiger partial charge in [0.25, 0.3) is 10.0 Å². The van der Waals surface area contributed by atoms with E-state index in [0.717, 1.165) is 24.8 Å². The van der Waals surface area contributed by atoms with Crippen LogP contribution < -0.4 is 19.5 Å². The van der Waals surface area contributed by atoms with Gasteiger partial charge >= 0.3 is 0 Å². The molecule has 1 heterocycles. The second-order valence-electron chi connectivity index (χ2n) is 7.49. The Labute approximate surface area is 189 Å². The second kappa shape index (κ2) is 11.0. The minimum absolute atomic E-state index is 0.128. The number of amidine groups is 1. The van der Waals surface area contributed by atoms with Gasteiger partial charge in [-0.2, -0.15) is 0 Å². The van der Waals surface area contributed by atoms with Gasteiger partial charge in [-0.1, -0.05) is 6.42 Å². The van der Waals surface area contributed by atoms with Crippen molar-refractivity contribution in [2.45, 2.75) is 43.4 Å². The molecule has 0 fully saturated rings. The van der Waals surface area contributed by atoms with Crippen LogP contribution in [0.4, 0.5) is 5.69 Å². The molecule has 2 aromatic rings. The smallest absolute Gasteiger partial charge is 0.262 e. The molecule has 8 nitrogen and oxygen atoms in total. The number of benzene rings is 2. The van der Waals surface area contributed by atoms with Crippen LogP contribution in [0.2, 0.25) is 0 Å². The summed E-state index contributed by atoms with van der Waals surface area (Å²) < 4.78 is 38.4. The van der Waals surface area contributed by atoms with E-state index in [1.54, 1.807) is 38.5 Å². The van der Waals surface area contributed by atoms with Gasteiger partial charge in [0.15, 0.2) is 0 Å². The number of sulfonamides is 1. The molecule has 172 valence electrons. The molecule has 0 spiro atoms. The summed E-state index contributed by atoms with van der Waals surface area (Å²) in [6, 6.07) is 11.5. The summed E-state index contributed by atoms with van der Waals surface area (Å²) in [4.78, 5) is 16.8. The third-order valence-electron chi connectivity index (χ3n) is 5.18. The van der Waals surface area contributed by atoms with Crippen LogP contribution in [-0.4, -0.2) is 40.9 Å². The normalized spacial score (nSPS) is 14.1. The minimum atomic E-state index is -3.70. The van der Waals surface area contributed by atoms with Gasteiger partial charge in [-0.3, -0.25) is 14.5 Å². The number of aryl methyl sites for hydroxylation is 1. The third kappa shape index (κ3) is 6.46. The molecule has 0 atom stereocenters. The van der Waals surface area contributed by atoms with Crippen molar-refractivity contribution in [1.29, 1.82) is 0 Å². The largest absolute Gasteiger partial charge is 0.497 e. The summed E-state index contributed by atoms with van der Waals surface area (Å²) in [6.07, 6.45) is 4.30. The molecule has 2 aromatic carbocycles. The van der Waals surface area contributed by atoms with Crippen LogP contribution >= 0.6 is 0 Å². The van der Waals surface area contributed by atoms with Crippen molar-refractivity contribution in [3.8, 4) is 11.5 Å². The van der Waals surface area contributed by atoms with Crippen molar-refractivity contribution in [2.75, 3.05) is 26.1 Å². The maximum absolute atomic E-state index is 12.6. The molecule has 0 saturated heterocycles. The fraction of sp³-hybridized carbons (Fsp3) is 0.391. The Kier molecular flexibility index (Phi) is 8.10. The fourth-order valence-corrected chi connectivity index (χ4v) is 4.53. The van der Waals surface area contributed by atoms with Crippen LogP contribution in [0.15, 0.2) is 52.4 Å². The predicted octanol–water partition coefficient (Wildman–Crippen LogP) is 3.53. The van der Waals surface area contributed by atoms with Gasteiger partial charge in [0, 0.05) is 25.1 Å². The Morgan fingerprint density at radius 2 is 1.81 bits per heavy atom. The molecule has 0 radical (unpaired) electrons. The number of aliphatic imine (C=N–C) groups is 1. The van der Waals surface area contributed by atoms with Gasteiger partial charge in [-0.25, -0.2) is 8.42 Å². The minimum Gasteiger partial charge on any atom is -0.497 e. The molecule has 0 bridgehead atoms. The molecule has 0 aromatic heterocycles. The van der Waals surface area contributed by atoms with Crippen LogP contribution in [0.3, 0.4) is 0 Å². The first-order chi connectivity index (χ1) is 15.4. The number of hydrogen-bond acceptors (Lipinski definition) is 6. The van der Waals surface area contributed by atoms with Crippen molar-refractivity contribution in [1.82, 2.24) is 4.72 Å². The molecule has 0 unspecified atom stereocenters. The van der Waals surface area contributed by atoms with Crippen molar-refractivity contribution in [3.63, 3.8) is 0 Å². The molecule has 0 saturated carbocycles. The lowest BCUT2D eigenvalue weighted by molar-refractivity contribution is -0.116. The van der Waals surface area contributed by atoms with E-state index in [4.69, 9.17) is 9.47 Å². The van der Waals surface area contributed by atoms with Gasteiger partial charge in [-0.05, 0) is 67.3 Å². The molecule has 1 aliphatic heterocycles. The molecular weight excluding hydrogens is 430 g/mol. The van der Waals surface area contributed by atoms with Crippen LogP contribution in [0.1, 0.15) is 37.7 Å². The summed E-state index contributed by atoms with van der Waals surface area (Å²) in [6.45, 7) is 0.643. The zero-order valence-corrected chi connectivity index (χ0v) is 19.2. The van der Waals surface area contributed by atoms with E-state index in [-0.39, 0.29) is 17.2 Å². The highest BCUT2D eigenvalue weighted by Gasteiger charge is 2.17. The SMILES string of the molecule is COc1ccc(OC)c(CCC(=O)Nc2ccc(S(=O)(=O)NC3=NCCCCC3)cc2)c1. The average Bonchev–Trinajstić information content (AvgIpc) is 3.06. The second-order valence-corrected chi connectivity index (χ2v) is 9.18. The highest BCUT2D eigenvalue weighted by Crippen LogP contribution is 2.25. The number of rotatable bonds is 8. The van der Waals surface area contributed by atoms with E-state index < -0.39 is 10.0 Å². The number of amides is 1. The molecule has 32 heavy (non-hydrogen) atoms.